The third kappa shape index (κ3) is 2.98. The van der Waals surface area contributed by atoms with E-state index in [1.165, 1.54) is 0 Å². The number of nitrogens with zero attached hydrogens (tertiary/aromatic N) is 1. The molecule has 1 saturated carbocycles. The Morgan fingerprint density at radius 3 is 2.23 bits per heavy atom. The van der Waals surface area contributed by atoms with Gasteiger partial charge < -0.3 is 9.64 Å². The maximum Gasteiger partial charge on any atom is 0.233 e. The third-order valence-electron chi connectivity index (χ3n) is 4.27. The predicted molar refractivity (Wildman–Crippen MR) is 86.9 cm³/mol. The van der Waals surface area contributed by atoms with E-state index in [2.05, 4.69) is 12.1 Å². The van der Waals surface area contributed by atoms with Crippen LogP contribution in [0.4, 0.5) is 0 Å². The Bertz CT molecular complexity index is 620. The molecule has 0 N–H and O–H groups in total. The van der Waals surface area contributed by atoms with Crippen LogP contribution in [0.5, 0.6) is 5.75 Å². The zero-order valence-corrected chi connectivity index (χ0v) is 12.9. The molecule has 0 atom stereocenters. The highest BCUT2D eigenvalue weighted by molar-refractivity contribution is 5.91. The van der Waals surface area contributed by atoms with E-state index in [0.29, 0.717) is 13.2 Å². The van der Waals surface area contributed by atoms with Crippen molar-refractivity contribution in [1.29, 1.82) is 0 Å². The molecule has 114 valence electrons. The van der Waals surface area contributed by atoms with Crippen LogP contribution in [0.25, 0.3) is 0 Å². The van der Waals surface area contributed by atoms with Crippen LogP contribution in [0.15, 0.2) is 60.7 Å². The topological polar surface area (TPSA) is 29.5 Å². The van der Waals surface area contributed by atoms with Gasteiger partial charge in [-0.25, -0.2) is 0 Å². The number of rotatable bonds is 6. The number of hydrogen-bond acceptors (Lipinski definition) is 2. The van der Waals surface area contributed by atoms with Gasteiger partial charge in [0.25, 0.3) is 0 Å². The maximum absolute atomic E-state index is 12.7. The highest BCUT2D eigenvalue weighted by Crippen LogP contribution is 2.49. The van der Waals surface area contributed by atoms with E-state index in [4.69, 9.17) is 4.74 Å². The average Bonchev–Trinajstić information content (AvgIpc) is 3.38. The molecule has 0 aliphatic heterocycles. The molecule has 0 spiro atoms. The average molecular weight is 295 g/mol. The van der Waals surface area contributed by atoms with Crippen LogP contribution in [-0.2, 0) is 10.2 Å². The number of benzene rings is 2. The summed E-state index contributed by atoms with van der Waals surface area (Å²) in [6.45, 7) is 1.11. The Morgan fingerprint density at radius 2 is 1.64 bits per heavy atom. The van der Waals surface area contributed by atoms with E-state index in [1.54, 1.807) is 4.90 Å². The van der Waals surface area contributed by atoms with Crippen molar-refractivity contribution in [3.8, 4) is 5.75 Å². The molecule has 3 rings (SSSR count). The Labute approximate surface area is 131 Å². The van der Waals surface area contributed by atoms with Crippen molar-refractivity contribution in [3.63, 3.8) is 0 Å². The molecule has 2 aromatic rings. The molecule has 22 heavy (non-hydrogen) atoms. The summed E-state index contributed by atoms with van der Waals surface area (Å²) in [7, 11) is 1.86. The van der Waals surface area contributed by atoms with Crippen LogP contribution in [0.1, 0.15) is 18.4 Å². The fourth-order valence-corrected chi connectivity index (χ4v) is 2.79. The molecule has 3 nitrogen and oxygen atoms in total. The fraction of sp³-hybridized carbons (Fsp3) is 0.316. The lowest BCUT2D eigenvalue weighted by molar-refractivity contribution is -0.133. The van der Waals surface area contributed by atoms with Gasteiger partial charge in [-0.3, -0.25) is 4.79 Å². The minimum atomic E-state index is -0.289. The molecule has 0 aromatic heterocycles. The van der Waals surface area contributed by atoms with Crippen LogP contribution >= 0.6 is 0 Å². The zero-order valence-electron chi connectivity index (χ0n) is 12.9. The molecule has 0 radical (unpaired) electrons. The summed E-state index contributed by atoms with van der Waals surface area (Å²) in [4.78, 5) is 14.5. The number of hydrogen-bond donors (Lipinski definition) is 0. The number of ether oxygens (including phenoxy) is 1. The largest absolute Gasteiger partial charge is 0.492 e. The SMILES string of the molecule is CN(CCOc1ccccc1)C(=O)C1(c2ccccc2)CC1. The molecule has 1 aliphatic rings. The molecule has 0 bridgehead atoms. The lowest BCUT2D eigenvalue weighted by atomic mass is 9.94. The first-order valence-corrected chi connectivity index (χ1v) is 7.71. The van der Waals surface area contributed by atoms with E-state index >= 15 is 0 Å². The van der Waals surface area contributed by atoms with Gasteiger partial charge in [-0.05, 0) is 30.5 Å². The van der Waals surface area contributed by atoms with Crippen molar-refractivity contribution in [1.82, 2.24) is 4.90 Å². The van der Waals surface area contributed by atoms with Gasteiger partial charge in [0, 0.05) is 7.05 Å². The van der Waals surface area contributed by atoms with Gasteiger partial charge >= 0.3 is 0 Å². The molecule has 0 unspecified atom stereocenters. The van der Waals surface area contributed by atoms with Gasteiger partial charge in [0.05, 0.1) is 12.0 Å². The van der Waals surface area contributed by atoms with Crippen LogP contribution < -0.4 is 4.74 Å². The van der Waals surface area contributed by atoms with Crippen molar-refractivity contribution >= 4 is 5.91 Å². The molecular weight excluding hydrogens is 274 g/mol. The summed E-state index contributed by atoms with van der Waals surface area (Å²) >= 11 is 0. The summed E-state index contributed by atoms with van der Waals surface area (Å²) in [6, 6.07) is 19.8. The maximum atomic E-state index is 12.7. The van der Waals surface area contributed by atoms with Crippen molar-refractivity contribution in [2.75, 3.05) is 20.2 Å². The normalized spacial score (nSPS) is 15.1. The van der Waals surface area contributed by atoms with Gasteiger partial charge in [0.2, 0.25) is 5.91 Å². The van der Waals surface area contributed by atoms with Gasteiger partial charge in [-0.1, -0.05) is 48.5 Å². The Kier molecular flexibility index (Phi) is 4.14. The smallest absolute Gasteiger partial charge is 0.233 e. The van der Waals surface area contributed by atoms with Gasteiger partial charge in [-0.2, -0.15) is 0 Å². The summed E-state index contributed by atoms with van der Waals surface area (Å²) in [5, 5.41) is 0. The van der Waals surface area contributed by atoms with Gasteiger partial charge in [0.1, 0.15) is 12.4 Å². The van der Waals surface area contributed by atoms with Crippen LogP contribution in [0, 0.1) is 0 Å². The number of carbonyl (C=O) groups excluding carboxylic acids is 1. The van der Waals surface area contributed by atoms with Crippen LogP contribution in [0.3, 0.4) is 0 Å². The van der Waals surface area contributed by atoms with Crippen molar-refractivity contribution in [2.45, 2.75) is 18.3 Å². The summed E-state index contributed by atoms with van der Waals surface area (Å²) in [6.07, 6.45) is 1.89. The van der Waals surface area contributed by atoms with Crippen molar-refractivity contribution in [2.24, 2.45) is 0 Å². The van der Waals surface area contributed by atoms with Crippen LogP contribution in [-0.4, -0.2) is 31.0 Å². The van der Waals surface area contributed by atoms with E-state index in [9.17, 15) is 4.79 Å². The van der Waals surface area contributed by atoms with E-state index < -0.39 is 0 Å². The zero-order chi connectivity index (χ0) is 15.4. The molecule has 0 heterocycles. The first-order valence-electron chi connectivity index (χ1n) is 7.71. The second-order valence-corrected chi connectivity index (χ2v) is 5.84. The summed E-state index contributed by atoms with van der Waals surface area (Å²) < 4.78 is 5.67. The molecule has 1 amide bonds. The molecule has 3 heteroatoms. The number of amides is 1. The highest BCUT2D eigenvalue weighted by Gasteiger charge is 2.52. The second-order valence-electron chi connectivity index (χ2n) is 5.84. The monoisotopic (exact) mass is 295 g/mol. The quantitative estimate of drug-likeness (QED) is 0.818. The van der Waals surface area contributed by atoms with Gasteiger partial charge in [-0.15, -0.1) is 0 Å². The molecule has 1 aliphatic carbocycles. The van der Waals surface area contributed by atoms with E-state index in [-0.39, 0.29) is 11.3 Å². The number of likely N-dealkylation sites (N-methyl/N-ethyl adjacent to an activating group) is 1. The lowest BCUT2D eigenvalue weighted by Gasteiger charge is -2.24. The standard InChI is InChI=1S/C19H21NO2/c1-20(14-15-22-17-10-6-3-7-11-17)18(21)19(12-13-19)16-8-4-2-5-9-16/h2-11H,12-15H2,1H3. The summed E-state index contributed by atoms with van der Waals surface area (Å²) in [5.41, 5.74) is 0.846. The molecular formula is C19H21NO2. The van der Waals surface area contributed by atoms with Crippen molar-refractivity contribution < 1.29 is 9.53 Å². The molecule has 1 fully saturated rings. The van der Waals surface area contributed by atoms with E-state index in [1.807, 2.05) is 55.6 Å². The minimum Gasteiger partial charge on any atom is -0.492 e. The first kappa shape index (κ1) is 14.6. The predicted octanol–water partition coefficient (Wildman–Crippen LogP) is 3.26. The first-order chi connectivity index (χ1) is 10.7. The Hall–Kier alpha value is -2.29. The fourth-order valence-electron chi connectivity index (χ4n) is 2.79. The van der Waals surface area contributed by atoms with Crippen LogP contribution in [0.2, 0.25) is 0 Å². The number of carbonyl (C=O) groups is 1. The second kappa shape index (κ2) is 6.22. The number of para-hydroxylation sites is 1. The van der Waals surface area contributed by atoms with E-state index in [0.717, 1.165) is 24.2 Å². The molecule has 2 aromatic carbocycles. The third-order valence-corrected chi connectivity index (χ3v) is 4.27. The minimum absolute atomic E-state index is 0.204. The van der Waals surface area contributed by atoms with Crippen molar-refractivity contribution in [3.05, 3.63) is 66.2 Å². The van der Waals surface area contributed by atoms with Gasteiger partial charge in [0.15, 0.2) is 0 Å². The highest BCUT2D eigenvalue weighted by atomic mass is 16.5. The summed E-state index contributed by atoms with van der Waals surface area (Å²) in [5.74, 6) is 1.04. The Balaban J connectivity index is 1.56. The lowest BCUT2D eigenvalue weighted by Crippen LogP contribution is -2.38. The molecule has 0 saturated heterocycles. The Morgan fingerprint density at radius 1 is 1.05 bits per heavy atom.